The number of aromatic nitrogens is 2. The Morgan fingerprint density at radius 3 is 2.83 bits per heavy atom. The Kier molecular flexibility index (Phi) is 4.11. The summed E-state index contributed by atoms with van der Waals surface area (Å²) in [6.45, 7) is 0.781. The van der Waals surface area contributed by atoms with Gasteiger partial charge in [0, 0.05) is 24.5 Å². The van der Waals surface area contributed by atoms with Crippen molar-refractivity contribution in [3.05, 3.63) is 42.7 Å². The Morgan fingerprint density at radius 1 is 1.39 bits per heavy atom. The number of nitrogens with one attached hydrogen (secondary N) is 1. The van der Waals surface area contributed by atoms with Crippen LogP contribution in [0.15, 0.2) is 42.7 Å². The predicted molar refractivity (Wildman–Crippen MR) is 70.7 cm³/mol. The van der Waals surface area contributed by atoms with Gasteiger partial charge in [0.05, 0.1) is 12.1 Å². The molecule has 1 unspecified atom stereocenters. The molecule has 1 aromatic carbocycles. The van der Waals surface area contributed by atoms with E-state index in [1.54, 1.807) is 13.2 Å². The lowest BCUT2D eigenvalue weighted by Gasteiger charge is -2.10. The molecule has 0 aliphatic rings. The van der Waals surface area contributed by atoms with Crippen LogP contribution >= 0.6 is 0 Å². The van der Waals surface area contributed by atoms with Crippen molar-refractivity contribution in [3.63, 3.8) is 0 Å². The normalized spacial score (nSPS) is 12.0. The van der Waals surface area contributed by atoms with Gasteiger partial charge in [0.25, 0.3) is 0 Å². The molecule has 1 heterocycles. The highest BCUT2D eigenvalue weighted by Gasteiger charge is 2.08. The summed E-state index contributed by atoms with van der Waals surface area (Å²) in [7, 11) is 1.81. The molecule has 18 heavy (non-hydrogen) atoms. The zero-order valence-corrected chi connectivity index (χ0v) is 10.4. The maximum Gasteiger partial charge on any atom is 0.139 e. The summed E-state index contributed by atoms with van der Waals surface area (Å²) in [5.41, 5.74) is 1.10. The molecule has 0 amide bonds. The number of aryl methyl sites for hydroxylation is 1. The molecular formula is C14H16N4. The van der Waals surface area contributed by atoms with Crippen LogP contribution in [0.2, 0.25) is 0 Å². The van der Waals surface area contributed by atoms with Gasteiger partial charge in [-0.2, -0.15) is 5.26 Å². The van der Waals surface area contributed by atoms with E-state index in [1.165, 1.54) is 0 Å². The van der Waals surface area contributed by atoms with Crippen LogP contribution in [0.3, 0.4) is 0 Å². The lowest BCUT2D eigenvalue weighted by Crippen LogP contribution is -2.24. The highest BCUT2D eigenvalue weighted by Crippen LogP contribution is 2.17. The minimum Gasteiger partial charge on any atom is -0.331 e. The fourth-order valence-electron chi connectivity index (χ4n) is 1.88. The van der Waals surface area contributed by atoms with E-state index in [0.29, 0.717) is 0 Å². The van der Waals surface area contributed by atoms with Crippen molar-refractivity contribution >= 4 is 0 Å². The van der Waals surface area contributed by atoms with Crippen molar-refractivity contribution in [2.24, 2.45) is 0 Å². The third kappa shape index (κ3) is 2.76. The minimum absolute atomic E-state index is 0.115. The first-order valence-electron chi connectivity index (χ1n) is 5.98. The second kappa shape index (κ2) is 5.99. The van der Waals surface area contributed by atoms with Gasteiger partial charge in [0.2, 0.25) is 0 Å². The molecule has 0 bridgehead atoms. The van der Waals surface area contributed by atoms with Crippen molar-refractivity contribution in [2.75, 3.05) is 7.05 Å². The van der Waals surface area contributed by atoms with Gasteiger partial charge >= 0.3 is 0 Å². The highest BCUT2D eigenvalue weighted by molar-refractivity contribution is 5.55. The Hall–Kier alpha value is -2.12. The molecule has 0 saturated heterocycles. The molecule has 0 spiro atoms. The van der Waals surface area contributed by atoms with Crippen LogP contribution in [0.1, 0.15) is 6.42 Å². The highest BCUT2D eigenvalue weighted by atomic mass is 15.1. The Balaban J connectivity index is 2.12. The van der Waals surface area contributed by atoms with Crippen LogP contribution in [0.25, 0.3) is 11.4 Å². The SMILES string of the molecule is CNC(C#N)CCn1ccnc1-c1ccccc1. The maximum absolute atomic E-state index is 8.90. The summed E-state index contributed by atoms with van der Waals surface area (Å²) >= 11 is 0. The van der Waals surface area contributed by atoms with Gasteiger partial charge in [0.15, 0.2) is 0 Å². The Bertz CT molecular complexity index is 524. The second-order valence-corrected chi connectivity index (χ2v) is 4.07. The second-order valence-electron chi connectivity index (χ2n) is 4.07. The predicted octanol–water partition coefficient (Wildman–Crippen LogP) is 2.05. The van der Waals surface area contributed by atoms with E-state index in [4.69, 9.17) is 5.26 Å². The fraction of sp³-hybridized carbons (Fsp3) is 0.286. The van der Waals surface area contributed by atoms with E-state index in [9.17, 15) is 0 Å². The van der Waals surface area contributed by atoms with Crippen LogP contribution in [0.5, 0.6) is 0 Å². The topological polar surface area (TPSA) is 53.6 Å². The fourth-order valence-corrected chi connectivity index (χ4v) is 1.88. The molecule has 4 nitrogen and oxygen atoms in total. The van der Waals surface area contributed by atoms with Crippen LogP contribution < -0.4 is 5.32 Å². The van der Waals surface area contributed by atoms with E-state index in [0.717, 1.165) is 24.4 Å². The lowest BCUT2D eigenvalue weighted by molar-refractivity contribution is 0.554. The molecule has 0 aliphatic carbocycles. The molecule has 1 aromatic heterocycles. The Labute approximate surface area is 107 Å². The molecule has 4 heteroatoms. The number of hydrogen-bond acceptors (Lipinski definition) is 3. The molecule has 92 valence electrons. The summed E-state index contributed by atoms with van der Waals surface area (Å²) in [5.74, 6) is 0.948. The molecule has 1 atom stereocenters. The molecule has 0 saturated carbocycles. The molecule has 0 radical (unpaired) electrons. The van der Waals surface area contributed by atoms with Gasteiger partial charge in [-0.05, 0) is 13.5 Å². The molecule has 1 N–H and O–H groups in total. The summed E-state index contributed by atoms with van der Waals surface area (Å²) in [5, 5.41) is 11.9. The van der Waals surface area contributed by atoms with Gasteiger partial charge < -0.3 is 9.88 Å². The van der Waals surface area contributed by atoms with E-state index < -0.39 is 0 Å². The zero-order chi connectivity index (χ0) is 12.8. The van der Waals surface area contributed by atoms with Crippen molar-refractivity contribution in [1.82, 2.24) is 14.9 Å². The largest absolute Gasteiger partial charge is 0.331 e. The van der Waals surface area contributed by atoms with Gasteiger partial charge in [-0.1, -0.05) is 30.3 Å². The monoisotopic (exact) mass is 240 g/mol. The number of nitriles is 1. The van der Waals surface area contributed by atoms with Gasteiger partial charge in [-0.15, -0.1) is 0 Å². The molecule has 0 aliphatic heterocycles. The lowest BCUT2D eigenvalue weighted by atomic mass is 10.2. The van der Waals surface area contributed by atoms with Crippen molar-refractivity contribution < 1.29 is 0 Å². The van der Waals surface area contributed by atoms with E-state index in [-0.39, 0.29) is 6.04 Å². The number of hydrogen-bond donors (Lipinski definition) is 1. The molecule has 2 rings (SSSR count). The summed E-state index contributed by atoms with van der Waals surface area (Å²) in [6, 6.07) is 12.2. The van der Waals surface area contributed by atoms with Crippen LogP contribution in [-0.4, -0.2) is 22.6 Å². The number of benzene rings is 1. The number of imidazole rings is 1. The van der Waals surface area contributed by atoms with Gasteiger partial charge in [0.1, 0.15) is 5.82 Å². The van der Waals surface area contributed by atoms with Crippen LogP contribution in [0, 0.1) is 11.3 Å². The third-order valence-electron chi connectivity index (χ3n) is 2.91. The van der Waals surface area contributed by atoms with Gasteiger partial charge in [-0.25, -0.2) is 4.98 Å². The zero-order valence-electron chi connectivity index (χ0n) is 10.4. The molecular weight excluding hydrogens is 224 g/mol. The standard InChI is InChI=1S/C14H16N4/c1-16-13(11-15)7-9-18-10-8-17-14(18)12-5-3-2-4-6-12/h2-6,8,10,13,16H,7,9H2,1H3. The first-order chi connectivity index (χ1) is 8.85. The number of nitrogens with zero attached hydrogens (tertiary/aromatic N) is 3. The quantitative estimate of drug-likeness (QED) is 0.870. The smallest absolute Gasteiger partial charge is 0.139 e. The van der Waals surface area contributed by atoms with Crippen LogP contribution in [0.4, 0.5) is 0 Å². The molecule has 2 aromatic rings. The van der Waals surface area contributed by atoms with Crippen molar-refractivity contribution in [3.8, 4) is 17.5 Å². The van der Waals surface area contributed by atoms with Crippen molar-refractivity contribution in [2.45, 2.75) is 19.0 Å². The first-order valence-corrected chi connectivity index (χ1v) is 5.98. The summed E-state index contributed by atoms with van der Waals surface area (Å²) in [4.78, 5) is 4.38. The summed E-state index contributed by atoms with van der Waals surface area (Å²) < 4.78 is 2.08. The van der Waals surface area contributed by atoms with Crippen molar-refractivity contribution in [1.29, 1.82) is 5.26 Å². The third-order valence-corrected chi connectivity index (χ3v) is 2.91. The van der Waals surface area contributed by atoms with E-state index >= 15 is 0 Å². The number of rotatable bonds is 5. The Morgan fingerprint density at radius 2 is 2.17 bits per heavy atom. The van der Waals surface area contributed by atoms with E-state index in [2.05, 4.69) is 20.9 Å². The maximum atomic E-state index is 8.90. The minimum atomic E-state index is -0.115. The summed E-state index contributed by atoms with van der Waals surface area (Å²) in [6.07, 6.45) is 4.51. The average molecular weight is 240 g/mol. The van der Waals surface area contributed by atoms with E-state index in [1.807, 2.05) is 36.5 Å². The molecule has 0 fully saturated rings. The average Bonchev–Trinajstić information content (AvgIpc) is 2.89. The first kappa shape index (κ1) is 12.3. The van der Waals surface area contributed by atoms with Crippen LogP contribution in [-0.2, 0) is 6.54 Å². The van der Waals surface area contributed by atoms with Gasteiger partial charge in [-0.3, -0.25) is 0 Å².